The molecule has 0 aliphatic carbocycles. The van der Waals surface area contributed by atoms with E-state index in [2.05, 4.69) is 10.3 Å². The first-order valence-electron chi connectivity index (χ1n) is 9.58. The van der Waals surface area contributed by atoms with Crippen molar-refractivity contribution in [3.63, 3.8) is 0 Å². The summed E-state index contributed by atoms with van der Waals surface area (Å²) in [6, 6.07) is 9.15. The number of anilines is 1. The van der Waals surface area contributed by atoms with Crippen LogP contribution in [-0.4, -0.2) is 41.2 Å². The van der Waals surface area contributed by atoms with E-state index >= 15 is 0 Å². The lowest BCUT2D eigenvalue weighted by Crippen LogP contribution is -2.37. The van der Waals surface area contributed by atoms with Crippen LogP contribution in [0.4, 0.5) is 18.9 Å². The summed E-state index contributed by atoms with van der Waals surface area (Å²) < 4.78 is 40.2. The largest absolute Gasteiger partial charge is 0.358 e. The normalized spacial score (nSPS) is 11.3. The van der Waals surface area contributed by atoms with Crippen molar-refractivity contribution < 1.29 is 22.8 Å². The first kappa shape index (κ1) is 21.6. The fourth-order valence-corrected chi connectivity index (χ4v) is 3.46. The van der Waals surface area contributed by atoms with Crippen molar-refractivity contribution in [3.8, 4) is 0 Å². The van der Waals surface area contributed by atoms with Gasteiger partial charge in [0.05, 0.1) is 18.8 Å². The molecular weight excluding hydrogens is 395 g/mol. The Kier molecular flexibility index (Phi) is 6.56. The van der Waals surface area contributed by atoms with Gasteiger partial charge in [0.25, 0.3) is 0 Å². The summed E-state index contributed by atoms with van der Waals surface area (Å²) >= 11 is 0. The van der Waals surface area contributed by atoms with Crippen LogP contribution in [0.1, 0.15) is 29.4 Å². The van der Waals surface area contributed by atoms with E-state index < -0.39 is 29.0 Å². The maximum atomic E-state index is 13.8. The van der Waals surface area contributed by atoms with Crippen LogP contribution in [0.25, 0.3) is 10.9 Å². The number of Topliss-reactive ketones (excluding diaryl/α,β-unsaturated/α-hetero) is 1. The molecule has 0 aliphatic rings. The molecule has 0 bridgehead atoms. The van der Waals surface area contributed by atoms with E-state index in [-0.39, 0.29) is 18.9 Å². The monoisotopic (exact) mass is 417 g/mol. The number of aryl methyl sites for hydroxylation is 1. The zero-order chi connectivity index (χ0) is 21.8. The molecule has 0 saturated carbocycles. The summed E-state index contributed by atoms with van der Waals surface area (Å²) in [6.07, 6.45) is 0.687. The molecule has 158 valence electrons. The first-order valence-corrected chi connectivity index (χ1v) is 9.58. The topological polar surface area (TPSA) is 65.2 Å². The van der Waals surface area contributed by atoms with E-state index in [1.807, 2.05) is 38.1 Å². The molecule has 0 aliphatic heterocycles. The number of fused-ring (bicyclic) bond motifs is 1. The Bertz CT molecular complexity index is 1090. The van der Waals surface area contributed by atoms with Gasteiger partial charge in [0, 0.05) is 22.2 Å². The Morgan fingerprint density at radius 1 is 1.03 bits per heavy atom. The van der Waals surface area contributed by atoms with Gasteiger partial charge in [0.2, 0.25) is 5.91 Å². The molecule has 8 heteroatoms. The van der Waals surface area contributed by atoms with Crippen molar-refractivity contribution in [2.24, 2.45) is 0 Å². The number of amides is 1. The lowest BCUT2D eigenvalue weighted by Gasteiger charge is -2.20. The number of benzene rings is 2. The van der Waals surface area contributed by atoms with Gasteiger partial charge in [-0.15, -0.1) is 0 Å². The van der Waals surface area contributed by atoms with Crippen LogP contribution in [0.3, 0.4) is 0 Å². The quantitative estimate of drug-likeness (QED) is 0.421. The molecule has 0 radical (unpaired) electrons. The Balaban J connectivity index is 1.73. The highest BCUT2D eigenvalue weighted by Crippen LogP contribution is 2.23. The first-order chi connectivity index (χ1) is 14.3. The second kappa shape index (κ2) is 9.13. The fraction of sp³-hybridized carbons (Fsp3) is 0.273. The van der Waals surface area contributed by atoms with Crippen LogP contribution in [0.2, 0.25) is 0 Å². The Morgan fingerprint density at radius 3 is 2.50 bits per heavy atom. The van der Waals surface area contributed by atoms with Gasteiger partial charge in [-0.3, -0.25) is 14.5 Å². The van der Waals surface area contributed by atoms with E-state index in [4.69, 9.17) is 0 Å². The van der Waals surface area contributed by atoms with Gasteiger partial charge in [0.1, 0.15) is 0 Å². The highest BCUT2D eigenvalue weighted by atomic mass is 19.2. The Labute approximate surface area is 171 Å². The number of halogens is 3. The van der Waals surface area contributed by atoms with E-state index in [9.17, 15) is 22.8 Å². The molecule has 0 saturated heterocycles. The van der Waals surface area contributed by atoms with Crippen molar-refractivity contribution in [2.75, 3.05) is 25.0 Å². The van der Waals surface area contributed by atoms with Gasteiger partial charge in [-0.2, -0.15) is 0 Å². The molecule has 1 heterocycles. The number of H-pyrrole nitrogens is 1. The molecule has 2 N–H and O–H groups in total. The summed E-state index contributed by atoms with van der Waals surface area (Å²) in [5.74, 6) is -5.22. The third kappa shape index (κ3) is 4.54. The van der Waals surface area contributed by atoms with Gasteiger partial charge in [-0.05, 0) is 38.1 Å². The van der Waals surface area contributed by atoms with Crippen LogP contribution in [0.15, 0.2) is 36.4 Å². The SMILES string of the molecule is CCCN(CC(=O)Nc1ccc(F)c(F)c1F)CC(=O)c1c(C)[nH]c2ccccc12. The van der Waals surface area contributed by atoms with Crippen LogP contribution in [0.5, 0.6) is 0 Å². The van der Waals surface area contributed by atoms with E-state index in [0.29, 0.717) is 18.5 Å². The van der Waals surface area contributed by atoms with Crippen molar-refractivity contribution in [1.82, 2.24) is 9.88 Å². The number of hydrogen-bond acceptors (Lipinski definition) is 3. The number of ketones is 1. The molecule has 3 aromatic rings. The average Bonchev–Trinajstić information content (AvgIpc) is 3.04. The average molecular weight is 417 g/mol. The van der Waals surface area contributed by atoms with Gasteiger partial charge < -0.3 is 10.3 Å². The van der Waals surface area contributed by atoms with Crippen molar-refractivity contribution >= 4 is 28.3 Å². The van der Waals surface area contributed by atoms with Gasteiger partial charge in [0.15, 0.2) is 23.2 Å². The molecule has 0 fully saturated rings. The predicted octanol–water partition coefficient (Wildman–Crippen LogP) is 4.43. The second-order valence-electron chi connectivity index (χ2n) is 7.08. The molecule has 3 rings (SSSR count). The Hall–Kier alpha value is -3.13. The molecule has 1 amide bonds. The minimum Gasteiger partial charge on any atom is -0.358 e. The van der Waals surface area contributed by atoms with Crippen molar-refractivity contribution in [3.05, 3.63) is 65.1 Å². The maximum absolute atomic E-state index is 13.8. The van der Waals surface area contributed by atoms with E-state index in [0.717, 1.165) is 28.7 Å². The molecule has 1 aromatic heterocycles. The minimum absolute atomic E-state index is 0.00971. The zero-order valence-electron chi connectivity index (χ0n) is 16.7. The summed E-state index contributed by atoms with van der Waals surface area (Å²) in [5.41, 5.74) is 1.71. The van der Waals surface area contributed by atoms with Crippen LogP contribution < -0.4 is 5.32 Å². The maximum Gasteiger partial charge on any atom is 0.238 e. The molecule has 2 aromatic carbocycles. The highest BCUT2D eigenvalue weighted by Gasteiger charge is 2.21. The Morgan fingerprint density at radius 2 is 1.77 bits per heavy atom. The number of aromatic amines is 1. The number of carbonyl (C=O) groups excluding carboxylic acids is 2. The number of nitrogens with one attached hydrogen (secondary N) is 2. The third-order valence-electron chi connectivity index (χ3n) is 4.76. The molecule has 0 unspecified atom stereocenters. The molecule has 0 spiro atoms. The lowest BCUT2D eigenvalue weighted by atomic mass is 10.1. The smallest absolute Gasteiger partial charge is 0.238 e. The molecule has 0 atom stereocenters. The zero-order valence-corrected chi connectivity index (χ0v) is 16.7. The summed E-state index contributed by atoms with van der Waals surface area (Å²) in [4.78, 5) is 30.1. The standard InChI is InChI=1S/C22H22F3N3O2/c1-3-10-28(12-19(30)27-17-9-8-15(23)21(24)22(17)25)11-18(29)20-13(2)26-16-7-5-4-6-14(16)20/h4-9,26H,3,10-12H2,1-2H3,(H,27,30). The minimum atomic E-state index is -1.65. The van der Waals surface area contributed by atoms with E-state index in [1.54, 1.807) is 4.90 Å². The summed E-state index contributed by atoms with van der Waals surface area (Å²) in [7, 11) is 0. The number of nitrogens with zero attached hydrogens (tertiary/aromatic N) is 1. The predicted molar refractivity (Wildman–Crippen MR) is 109 cm³/mol. The van der Waals surface area contributed by atoms with Crippen molar-refractivity contribution in [1.29, 1.82) is 0 Å². The lowest BCUT2D eigenvalue weighted by molar-refractivity contribution is -0.117. The number of para-hydroxylation sites is 1. The van der Waals surface area contributed by atoms with Crippen LogP contribution >= 0.6 is 0 Å². The number of rotatable bonds is 8. The van der Waals surface area contributed by atoms with Gasteiger partial charge in [-0.25, -0.2) is 13.2 Å². The van der Waals surface area contributed by atoms with Crippen LogP contribution in [0, 0.1) is 24.4 Å². The number of hydrogen-bond donors (Lipinski definition) is 2. The van der Waals surface area contributed by atoms with Gasteiger partial charge >= 0.3 is 0 Å². The number of carbonyl (C=O) groups is 2. The summed E-state index contributed by atoms with van der Waals surface area (Å²) in [5, 5.41) is 3.05. The van der Waals surface area contributed by atoms with Crippen LogP contribution in [-0.2, 0) is 4.79 Å². The highest BCUT2D eigenvalue weighted by molar-refractivity contribution is 6.10. The molecule has 30 heavy (non-hydrogen) atoms. The molecule has 5 nitrogen and oxygen atoms in total. The van der Waals surface area contributed by atoms with Crippen molar-refractivity contribution in [2.45, 2.75) is 20.3 Å². The van der Waals surface area contributed by atoms with E-state index in [1.165, 1.54) is 0 Å². The fourth-order valence-electron chi connectivity index (χ4n) is 3.46. The van der Waals surface area contributed by atoms with Gasteiger partial charge in [-0.1, -0.05) is 25.1 Å². The number of aromatic nitrogens is 1. The second-order valence-corrected chi connectivity index (χ2v) is 7.08. The summed E-state index contributed by atoms with van der Waals surface area (Å²) in [6.45, 7) is 3.97. The third-order valence-corrected chi connectivity index (χ3v) is 4.76. The molecular formula is C22H22F3N3O2.